The zero-order chi connectivity index (χ0) is 23.5. The molecule has 168 valence electrons. The molecule has 0 spiro atoms. The molecule has 3 rings (SSSR count). The Balaban J connectivity index is 2.08. The molecule has 0 radical (unpaired) electrons. The molecule has 7 nitrogen and oxygen atoms in total. The molecule has 0 aromatic heterocycles. The van der Waals surface area contributed by atoms with Gasteiger partial charge >= 0.3 is 0 Å². The Kier molecular flexibility index (Phi) is 7.31. The van der Waals surface area contributed by atoms with E-state index in [2.05, 4.69) is 9.93 Å². The van der Waals surface area contributed by atoms with Crippen LogP contribution in [0.25, 0.3) is 0 Å². The maximum Gasteiger partial charge on any atom is 0.276 e. The third kappa shape index (κ3) is 5.90. The largest absolute Gasteiger partial charge is 0.276 e. The summed E-state index contributed by atoms with van der Waals surface area (Å²) in [4.78, 5) is 2.35. The molecule has 0 amide bonds. The van der Waals surface area contributed by atoms with Crippen LogP contribution in [0.3, 0.4) is 0 Å². The van der Waals surface area contributed by atoms with Crippen LogP contribution in [0.2, 0.25) is 5.02 Å². The second-order valence-corrected chi connectivity index (χ2v) is 11.5. The Morgan fingerprint density at radius 1 is 0.969 bits per heavy atom. The van der Waals surface area contributed by atoms with E-state index in [1.165, 1.54) is 24.3 Å². The van der Waals surface area contributed by atoms with Gasteiger partial charge in [0.05, 0.1) is 9.79 Å². The van der Waals surface area contributed by atoms with Crippen molar-refractivity contribution in [2.45, 2.75) is 28.5 Å². The summed E-state index contributed by atoms with van der Waals surface area (Å²) in [5.74, 6) is 0. The smallest absolute Gasteiger partial charge is 0.225 e. The molecule has 3 N–H and O–H groups in total. The lowest BCUT2D eigenvalue weighted by Crippen LogP contribution is -2.20. The van der Waals surface area contributed by atoms with E-state index in [0.29, 0.717) is 16.1 Å². The highest BCUT2D eigenvalue weighted by molar-refractivity contribution is 8.14. The lowest BCUT2D eigenvalue weighted by Gasteiger charge is -2.13. The number of nitrogens with zero attached hydrogens (tertiary/aromatic N) is 1. The van der Waals surface area contributed by atoms with Gasteiger partial charge in [0.15, 0.2) is 0 Å². The highest BCUT2D eigenvalue weighted by Gasteiger charge is 2.20. The van der Waals surface area contributed by atoms with E-state index in [1.807, 2.05) is 19.1 Å². The van der Waals surface area contributed by atoms with Crippen molar-refractivity contribution in [3.8, 4) is 0 Å². The SMILES string of the molecule is Cc1ccc(/C(=N/NS(=O)(=O)c2ccccc2)Sc2cc(Cl)c(C)cc2S(N)(=O)=O)cc1. The van der Waals surface area contributed by atoms with Crippen LogP contribution >= 0.6 is 23.4 Å². The summed E-state index contributed by atoms with van der Waals surface area (Å²) in [5, 5.41) is 10.1. The zero-order valence-electron chi connectivity index (χ0n) is 17.1. The van der Waals surface area contributed by atoms with Gasteiger partial charge in [0.2, 0.25) is 10.0 Å². The number of primary sulfonamides is 1. The van der Waals surface area contributed by atoms with Gasteiger partial charge in [-0.1, -0.05) is 71.4 Å². The molecule has 0 unspecified atom stereocenters. The van der Waals surface area contributed by atoms with Crippen molar-refractivity contribution in [1.29, 1.82) is 0 Å². The Labute approximate surface area is 196 Å². The van der Waals surface area contributed by atoms with Crippen LogP contribution in [0.15, 0.2) is 86.5 Å². The number of nitrogens with two attached hydrogens (primary N) is 1. The number of benzene rings is 3. The van der Waals surface area contributed by atoms with Crippen LogP contribution in [-0.2, 0) is 20.0 Å². The van der Waals surface area contributed by atoms with Gasteiger partial charge in [-0.3, -0.25) is 0 Å². The van der Waals surface area contributed by atoms with Gasteiger partial charge in [0, 0.05) is 15.5 Å². The average Bonchev–Trinajstić information content (AvgIpc) is 2.74. The molecule has 0 atom stereocenters. The summed E-state index contributed by atoms with van der Waals surface area (Å²) in [6.45, 7) is 3.57. The molecular weight excluding hydrogens is 490 g/mol. The molecule has 0 aliphatic rings. The fourth-order valence-corrected chi connectivity index (χ4v) is 5.80. The number of thioether (sulfide) groups is 1. The molecule has 11 heteroatoms. The molecule has 32 heavy (non-hydrogen) atoms. The van der Waals surface area contributed by atoms with Crippen molar-refractivity contribution in [3.05, 3.63) is 88.4 Å². The molecule has 0 saturated heterocycles. The Morgan fingerprint density at radius 2 is 1.59 bits per heavy atom. The predicted octanol–water partition coefficient (Wildman–Crippen LogP) is 4.04. The van der Waals surface area contributed by atoms with E-state index in [-0.39, 0.29) is 19.7 Å². The van der Waals surface area contributed by atoms with E-state index in [0.717, 1.165) is 17.3 Å². The van der Waals surface area contributed by atoms with Gasteiger partial charge in [-0.25, -0.2) is 13.6 Å². The van der Waals surface area contributed by atoms with Gasteiger partial charge in [-0.15, -0.1) is 0 Å². The molecular formula is C21H20ClN3O4S3. The number of hydrogen-bond acceptors (Lipinski definition) is 6. The number of aryl methyl sites for hydroxylation is 2. The van der Waals surface area contributed by atoms with Crippen LogP contribution in [0.4, 0.5) is 0 Å². The fraction of sp³-hybridized carbons (Fsp3) is 0.0952. The standard InChI is InChI=1S/C21H20ClN3O4S3/c1-14-8-10-16(11-9-14)21(24-25-32(28,29)17-6-4-3-5-7-17)30-19-13-18(22)15(2)12-20(19)31(23,26)27/h3-13,25H,1-2H3,(H2,23,26,27)/b24-21-. The molecule has 0 bridgehead atoms. The van der Waals surface area contributed by atoms with E-state index in [4.69, 9.17) is 16.7 Å². The Bertz CT molecular complexity index is 1370. The van der Waals surface area contributed by atoms with E-state index in [1.54, 1.807) is 37.3 Å². The number of rotatable bonds is 6. The second-order valence-electron chi connectivity index (χ2n) is 6.89. The van der Waals surface area contributed by atoms with E-state index < -0.39 is 20.0 Å². The minimum absolute atomic E-state index is 0.0422. The first kappa shape index (κ1) is 24.3. The number of nitrogens with one attached hydrogen (secondary N) is 1. The van der Waals surface area contributed by atoms with Crippen molar-refractivity contribution in [3.63, 3.8) is 0 Å². The van der Waals surface area contributed by atoms with Gasteiger partial charge in [0.25, 0.3) is 10.0 Å². The van der Waals surface area contributed by atoms with E-state index in [9.17, 15) is 16.8 Å². The monoisotopic (exact) mass is 509 g/mol. The minimum Gasteiger partial charge on any atom is -0.225 e. The van der Waals surface area contributed by atoms with Crippen molar-refractivity contribution >= 4 is 48.5 Å². The fourth-order valence-electron chi connectivity index (χ4n) is 2.64. The topological polar surface area (TPSA) is 119 Å². The molecule has 0 fully saturated rings. The first-order chi connectivity index (χ1) is 15.0. The third-order valence-corrected chi connectivity index (χ3v) is 8.15. The summed E-state index contributed by atoms with van der Waals surface area (Å²) in [7, 11) is -8.00. The number of sulfonamides is 2. The molecule has 0 aliphatic heterocycles. The van der Waals surface area contributed by atoms with Crippen molar-refractivity contribution in [2.75, 3.05) is 0 Å². The third-order valence-electron chi connectivity index (χ3n) is 4.36. The summed E-state index contributed by atoms with van der Waals surface area (Å²) in [5.41, 5.74) is 2.11. The van der Waals surface area contributed by atoms with Crippen molar-refractivity contribution < 1.29 is 16.8 Å². The molecule has 0 heterocycles. The molecule has 0 saturated carbocycles. The maximum atomic E-state index is 12.6. The van der Waals surface area contributed by atoms with Gasteiger partial charge in [0.1, 0.15) is 5.04 Å². The van der Waals surface area contributed by atoms with Crippen LogP contribution in [-0.4, -0.2) is 21.9 Å². The lowest BCUT2D eigenvalue weighted by atomic mass is 10.2. The van der Waals surface area contributed by atoms with E-state index >= 15 is 0 Å². The van der Waals surface area contributed by atoms with Gasteiger partial charge in [-0.05, 0) is 43.7 Å². The highest BCUT2D eigenvalue weighted by atomic mass is 35.5. The summed E-state index contributed by atoms with van der Waals surface area (Å²) in [6.07, 6.45) is 0. The summed E-state index contributed by atoms with van der Waals surface area (Å²) < 4.78 is 49.6. The van der Waals surface area contributed by atoms with Crippen LogP contribution in [0, 0.1) is 13.8 Å². The molecule has 3 aromatic rings. The van der Waals surface area contributed by atoms with Crippen molar-refractivity contribution in [2.24, 2.45) is 10.2 Å². The van der Waals surface area contributed by atoms with Crippen LogP contribution < -0.4 is 9.97 Å². The predicted molar refractivity (Wildman–Crippen MR) is 128 cm³/mol. The van der Waals surface area contributed by atoms with Gasteiger partial charge in [-0.2, -0.15) is 18.4 Å². The zero-order valence-corrected chi connectivity index (χ0v) is 20.3. The summed E-state index contributed by atoms with van der Waals surface area (Å²) >= 11 is 7.15. The number of hydrazone groups is 1. The lowest BCUT2D eigenvalue weighted by molar-refractivity contribution is 0.584. The first-order valence-corrected chi connectivity index (χ1v) is 13.4. The Hall–Kier alpha value is -2.37. The minimum atomic E-state index is -4.07. The Morgan fingerprint density at radius 3 is 2.19 bits per heavy atom. The van der Waals surface area contributed by atoms with Gasteiger partial charge < -0.3 is 0 Å². The second kappa shape index (κ2) is 9.63. The summed E-state index contributed by atoms with van der Waals surface area (Å²) in [6, 6.07) is 17.8. The van der Waals surface area contributed by atoms with Crippen molar-refractivity contribution in [1.82, 2.24) is 4.83 Å². The normalized spacial score (nSPS) is 12.6. The number of hydrogen-bond donors (Lipinski definition) is 2. The van der Waals surface area contributed by atoms with Crippen LogP contribution in [0.5, 0.6) is 0 Å². The van der Waals surface area contributed by atoms with Crippen LogP contribution in [0.1, 0.15) is 16.7 Å². The highest BCUT2D eigenvalue weighted by Crippen LogP contribution is 2.33. The average molecular weight is 510 g/mol. The quantitative estimate of drug-likeness (QED) is 0.225. The maximum absolute atomic E-state index is 12.6. The molecule has 0 aliphatic carbocycles. The first-order valence-electron chi connectivity index (χ1n) is 9.20. The number of halogens is 1. The molecule has 3 aromatic carbocycles.